The molecule has 0 bridgehead atoms. The van der Waals surface area contributed by atoms with Crippen LogP contribution in [0.4, 0.5) is 0 Å². The van der Waals surface area contributed by atoms with E-state index < -0.39 is 0 Å². The van der Waals surface area contributed by atoms with Crippen LogP contribution in [0.5, 0.6) is 5.75 Å². The fourth-order valence-corrected chi connectivity index (χ4v) is 2.69. The van der Waals surface area contributed by atoms with Crippen molar-refractivity contribution in [2.75, 3.05) is 27.7 Å². The summed E-state index contributed by atoms with van der Waals surface area (Å²) in [4.78, 5) is 18.1. The Morgan fingerprint density at radius 2 is 1.83 bits per heavy atom. The second-order valence-corrected chi connectivity index (χ2v) is 7.52. The first-order valence-corrected chi connectivity index (χ1v) is 9.78. The van der Waals surface area contributed by atoms with E-state index in [1.807, 2.05) is 49.4 Å². The zero-order chi connectivity index (χ0) is 20.5. The molecule has 2 aromatic rings. The van der Waals surface area contributed by atoms with E-state index in [9.17, 15) is 4.79 Å². The van der Waals surface area contributed by atoms with Gasteiger partial charge in [-0.3, -0.25) is 4.79 Å². The number of hydrogen-bond donors (Lipinski definition) is 2. The lowest BCUT2D eigenvalue weighted by Gasteiger charge is -2.16. The summed E-state index contributed by atoms with van der Waals surface area (Å²) in [5, 5.41) is 6.38. The van der Waals surface area contributed by atoms with Crippen LogP contribution in [0.15, 0.2) is 51.9 Å². The quantitative estimate of drug-likeness (QED) is 0.301. The van der Waals surface area contributed by atoms with Crippen molar-refractivity contribution < 1.29 is 9.53 Å². The fourth-order valence-electron chi connectivity index (χ4n) is 2.43. The number of ether oxygens (including phenoxy) is 1. The molecule has 0 radical (unpaired) electrons. The molecule has 0 saturated carbocycles. The highest BCUT2D eigenvalue weighted by Crippen LogP contribution is 2.19. The summed E-state index contributed by atoms with van der Waals surface area (Å²) in [5.74, 6) is 1.37. The number of carbonyl (C=O) groups excluding carboxylic acids is 1. The standard InChI is InChI=1S/C21H27BrN4O2.HI/c1-15-5-8-17(19(11-15)28-4)13-24-21(25-14-20(27)26(2)3)23-12-16-6-9-18(22)10-7-16;/h5-11H,12-14H2,1-4H3,(H2,23,24,25);1H. The van der Waals surface area contributed by atoms with Crippen molar-refractivity contribution in [3.8, 4) is 5.75 Å². The monoisotopic (exact) mass is 574 g/mol. The number of amides is 1. The lowest BCUT2D eigenvalue weighted by atomic mass is 10.1. The van der Waals surface area contributed by atoms with Gasteiger partial charge in [0.25, 0.3) is 0 Å². The summed E-state index contributed by atoms with van der Waals surface area (Å²) in [6, 6.07) is 14.1. The number of carbonyl (C=O) groups is 1. The normalized spacial score (nSPS) is 10.7. The Kier molecular flexibility index (Phi) is 11.0. The maximum absolute atomic E-state index is 11.9. The van der Waals surface area contributed by atoms with E-state index >= 15 is 0 Å². The number of aliphatic imine (C=N–C) groups is 1. The Hall–Kier alpha value is -1.81. The van der Waals surface area contributed by atoms with Crippen molar-refractivity contribution in [1.29, 1.82) is 0 Å². The Balaban J connectivity index is 0.00000420. The molecule has 0 saturated heterocycles. The third-order valence-corrected chi connectivity index (χ3v) is 4.66. The van der Waals surface area contributed by atoms with Gasteiger partial charge in [0.15, 0.2) is 5.96 Å². The highest BCUT2D eigenvalue weighted by molar-refractivity contribution is 14.0. The molecule has 0 fully saturated rings. The van der Waals surface area contributed by atoms with Crippen molar-refractivity contribution >= 4 is 51.8 Å². The molecule has 29 heavy (non-hydrogen) atoms. The van der Waals surface area contributed by atoms with Crippen LogP contribution >= 0.6 is 39.9 Å². The molecule has 0 spiro atoms. The zero-order valence-corrected chi connectivity index (χ0v) is 21.1. The summed E-state index contributed by atoms with van der Waals surface area (Å²) in [7, 11) is 5.12. The predicted molar refractivity (Wildman–Crippen MR) is 132 cm³/mol. The van der Waals surface area contributed by atoms with Crippen LogP contribution in [0, 0.1) is 6.92 Å². The van der Waals surface area contributed by atoms with Crippen molar-refractivity contribution in [3.63, 3.8) is 0 Å². The Labute approximate surface area is 198 Å². The first-order valence-electron chi connectivity index (χ1n) is 8.99. The second kappa shape index (κ2) is 12.7. The third kappa shape index (κ3) is 8.61. The average molecular weight is 575 g/mol. The summed E-state index contributed by atoms with van der Waals surface area (Å²) in [5.41, 5.74) is 3.24. The second-order valence-electron chi connectivity index (χ2n) is 6.60. The molecule has 158 valence electrons. The van der Waals surface area contributed by atoms with Gasteiger partial charge in [0.05, 0.1) is 20.2 Å². The zero-order valence-electron chi connectivity index (χ0n) is 17.2. The minimum absolute atomic E-state index is 0. The topological polar surface area (TPSA) is 66.0 Å². The molecule has 0 aliphatic carbocycles. The molecule has 0 heterocycles. The third-order valence-electron chi connectivity index (χ3n) is 4.13. The number of likely N-dealkylation sites (N-methyl/N-ethyl adjacent to an activating group) is 1. The van der Waals surface area contributed by atoms with Crippen LogP contribution in [0.3, 0.4) is 0 Å². The number of methoxy groups -OCH3 is 1. The van der Waals surface area contributed by atoms with Crippen molar-refractivity contribution in [3.05, 3.63) is 63.6 Å². The first kappa shape index (κ1) is 25.2. The molecule has 8 heteroatoms. The highest BCUT2D eigenvalue weighted by atomic mass is 127. The van der Waals surface area contributed by atoms with Gasteiger partial charge < -0.3 is 20.3 Å². The Bertz CT molecular complexity index is 826. The molecule has 0 aliphatic heterocycles. The largest absolute Gasteiger partial charge is 0.496 e. The molecule has 0 aliphatic rings. The van der Waals surface area contributed by atoms with Gasteiger partial charge in [-0.1, -0.05) is 40.2 Å². The van der Waals surface area contributed by atoms with Gasteiger partial charge in [-0.05, 0) is 36.2 Å². The Morgan fingerprint density at radius 1 is 1.14 bits per heavy atom. The molecule has 0 atom stereocenters. The number of nitrogens with one attached hydrogen (secondary N) is 2. The van der Waals surface area contributed by atoms with E-state index in [1.165, 1.54) is 0 Å². The van der Waals surface area contributed by atoms with Gasteiger partial charge in [0, 0.05) is 30.7 Å². The molecule has 6 nitrogen and oxygen atoms in total. The number of rotatable bonds is 7. The molecule has 0 unspecified atom stereocenters. The maximum atomic E-state index is 11.9. The fraction of sp³-hybridized carbons (Fsp3) is 0.333. The number of hydrogen-bond acceptors (Lipinski definition) is 3. The van der Waals surface area contributed by atoms with E-state index in [0.717, 1.165) is 26.9 Å². The smallest absolute Gasteiger partial charge is 0.241 e. The maximum Gasteiger partial charge on any atom is 0.241 e. The summed E-state index contributed by atoms with van der Waals surface area (Å²) >= 11 is 3.43. The van der Waals surface area contributed by atoms with Gasteiger partial charge in [-0.25, -0.2) is 4.99 Å². The van der Waals surface area contributed by atoms with Gasteiger partial charge in [0.2, 0.25) is 5.91 Å². The van der Waals surface area contributed by atoms with Crippen LogP contribution in [-0.4, -0.2) is 44.5 Å². The molecule has 2 rings (SSSR count). The van der Waals surface area contributed by atoms with E-state index in [0.29, 0.717) is 19.0 Å². The van der Waals surface area contributed by atoms with Gasteiger partial charge >= 0.3 is 0 Å². The van der Waals surface area contributed by atoms with Crippen LogP contribution in [0.1, 0.15) is 16.7 Å². The predicted octanol–water partition coefficient (Wildman–Crippen LogP) is 3.71. The average Bonchev–Trinajstić information content (AvgIpc) is 2.68. The van der Waals surface area contributed by atoms with Gasteiger partial charge in [-0.15, -0.1) is 24.0 Å². The molecular formula is C21H28BrIN4O2. The number of halogens is 2. The van der Waals surface area contributed by atoms with E-state index in [2.05, 4.69) is 31.6 Å². The van der Waals surface area contributed by atoms with Gasteiger partial charge in [0.1, 0.15) is 5.75 Å². The van der Waals surface area contributed by atoms with Crippen LogP contribution in [-0.2, 0) is 17.9 Å². The Morgan fingerprint density at radius 3 is 2.45 bits per heavy atom. The molecule has 2 aromatic carbocycles. The number of aryl methyl sites for hydroxylation is 1. The minimum Gasteiger partial charge on any atom is -0.496 e. The SMILES string of the molecule is COc1cc(C)ccc1CNC(=NCc1ccc(Br)cc1)NCC(=O)N(C)C.I. The van der Waals surface area contributed by atoms with Gasteiger partial charge in [-0.2, -0.15) is 0 Å². The number of nitrogens with zero attached hydrogens (tertiary/aromatic N) is 2. The van der Waals surface area contributed by atoms with Crippen LogP contribution in [0.25, 0.3) is 0 Å². The highest BCUT2D eigenvalue weighted by Gasteiger charge is 2.08. The number of benzene rings is 2. The molecule has 0 aromatic heterocycles. The van der Waals surface area contributed by atoms with E-state index in [-0.39, 0.29) is 36.4 Å². The lowest BCUT2D eigenvalue weighted by molar-refractivity contribution is -0.127. The first-order chi connectivity index (χ1) is 13.4. The van der Waals surface area contributed by atoms with E-state index in [1.54, 1.807) is 26.1 Å². The van der Waals surface area contributed by atoms with Crippen molar-refractivity contribution in [2.24, 2.45) is 4.99 Å². The lowest BCUT2D eigenvalue weighted by Crippen LogP contribution is -2.42. The summed E-state index contributed by atoms with van der Waals surface area (Å²) in [6.07, 6.45) is 0. The summed E-state index contributed by atoms with van der Waals surface area (Å²) in [6.45, 7) is 3.24. The molecule has 2 N–H and O–H groups in total. The summed E-state index contributed by atoms with van der Waals surface area (Å²) < 4.78 is 6.49. The van der Waals surface area contributed by atoms with Crippen LogP contribution < -0.4 is 15.4 Å². The van der Waals surface area contributed by atoms with Crippen molar-refractivity contribution in [2.45, 2.75) is 20.0 Å². The minimum atomic E-state index is -0.0222. The van der Waals surface area contributed by atoms with Crippen LogP contribution in [0.2, 0.25) is 0 Å². The van der Waals surface area contributed by atoms with Crippen molar-refractivity contribution in [1.82, 2.24) is 15.5 Å². The number of guanidine groups is 1. The van der Waals surface area contributed by atoms with E-state index in [4.69, 9.17) is 4.74 Å². The molecular weight excluding hydrogens is 547 g/mol. The molecule has 1 amide bonds.